The molecule has 0 aliphatic rings. The Hall–Kier alpha value is -1.07. The van der Waals surface area contributed by atoms with Crippen LogP contribution in [0.2, 0.25) is 5.02 Å². The lowest BCUT2D eigenvalue weighted by atomic mass is 10.2. The maximum Gasteiger partial charge on any atom is 0.243 e. The summed E-state index contributed by atoms with van der Waals surface area (Å²) in [6.07, 6.45) is 0. The molecule has 0 saturated carbocycles. The van der Waals surface area contributed by atoms with Crippen LogP contribution < -0.4 is 5.32 Å². The lowest BCUT2D eigenvalue weighted by Gasteiger charge is -2.24. The van der Waals surface area contributed by atoms with Crippen LogP contribution in [0.3, 0.4) is 0 Å². The summed E-state index contributed by atoms with van der Waals surface area (Å²) in [6, 6.07) is 6.79. The highest BCUT2D eigenvalue weighted by atomic mass is 79.9. The third kappa shape index (κ3) is 5.20. The fourth-order valence-electron chi connectivity index (χ4n) is 1.47. The second kappa shape index (κ2) is 6.39. The molecule has 19 heavy (non-hydrogen) atoms. The van der Waals surface area contributed by atoms with Gasteiger partial charge in [0, 0.05) is 17.8 Å². The van der Waals surface area contributed by atoms with Gasteiger partial charge in [-0.15, -0.1) is 0 Å². The van der Waals surface area contributed by atoms with Gasteiger partial charge in [-0.25, -0.2) is 0 Å². The van der Waals surface area contributed by atoms with Crippen molar-refractivity contribution < 1.29 is 9.59 Å². The van der Waals surface area contributed by atoms with Crippen molar-refractivity contribution in [3.05, 3.63) is 29.3 Å². The molecule has 4 nitrogen and oxygen atoms in total. The normalized spacial score (nSPS) is 11.0. The minimum absolute atomic E-state index is 0.00348. The summed E-state index contributed by atoms with van der Waals surface area (Å²) in [5.41, 5.74) is 0.647. The van der Waals surface area contributed by atoms with E-state index in [2.05, 4.69) is 21.2 Å². The average molecular weight is 348 g/mol. The zero-order valence-corrected chi connectivity index (χ0v) is 13.4. The fourth-order valence-corrected chi connectivity index (χ4v) is 1.90. The fraction of sp³-hybridized carbons (Fsp3) is 0.385. The predicted octanol–water partition coefficient (Wildman–Crippen LogP) is 2.91. The minimum atomic E-state index is -0.678. The van der Waals surface area contributed by atoms with Gasteiger partial charge in [0.1, 0.15) is 0 Å². The molecular formula is C13H16BrClN2O2. The second-order valence-corrected chi connectivity index (χ2v) is 7.11. The van der Waals surface area contributed by atoms with Crippen LogP contribution in [0.5, 0.6) is 0 Å². The van der Waals surface area contributed by atoms with Crippen LogP contribution >= 0.6 is 27.5 Å². The lowest BCUT2D eigenvalue weighted by Crippen LogP contribution is -2.42. The second-order valence-electron chi connectivity index (χ2n) is 4.69. The smallest absolute Gasteiger partial charge is 0.243 e. The van der Waals surface area contributed by atoms with Crippen molar-refractivity contribution in [2.24, 2.45) is 0 Å². The SMILES string of the molecule is CN(CC(=O)Nc1ccc(Cl)cc1)C(=O)C(C)(C)Br. The van der Waals surface area contributed by atoms with E-state index in [4.69, 9.17) is 11.6 Å². The number of carbonyl (C=O) groups is 2. The molecule has 1 rings (SSSR count). The molecule has 0 aliphatic heterocycles. The number of benzene rings is 1. The predicted molar refractivity (Wildman–Crippen MR) is 80.7 cm³/mol. The van der Waals surface area contributed by atoms with E-state index in [1.165, 1.54) is 4.90 Å². The molecule has 6 heteroatoms. The van der Waals surface area contributed by atoms with Gasteiger partial charge in [0.25, 0.3) is 0 Å². The van der Waals surface area contributed by atoms with Crippen molar-refractivity contribution in [3.8, 4) is 0 Å². The average Bonchev–Trinajstić information content (AvgIpc) is 2.29. The van der Waals surface area contributed by atoms with Gasteiger partial charge in [0.15, 0.2) is 0 Å². The molecule has 0 saturated heterocycles. The number of nitrogens with zero attached hydrogens (tertiary/aromatic N) is 1. The Kier molecular flexibility index (Phi) is 5.38. The van der Waals surface area contributed by atoms with Crippen LogP contribution in [-0.4, -0.2) is 34.6 Å². The number of hydrogen-bond donors (Lipinski definition) is 1. The first kappa shape index (κ1) is 16.0. The standard InChI is InChI=1S/C13H16BrClN2O2/c1-13(2,14)12(19)17(3)8-11(18)16-10-6-4-9(15)5-7-10/h4-7H,8H2,1-3H3,(H,16,18). The number of anilines is 1. The monoisotopic (exact) mass is 346 g/mol. The van der Waals surface area contributed by atoms with Gasteiger partial charge in [-0.2, -0.15) is 0 Å². The van der Waals surface area contributed by atoms with Crippen LogP contribution in [-0.2, 0) is 9.59 Å². The third-order valence-electron chi connectivity index (χ3n) is 2.36. The van der Waals surface area contributed by atoms with E-state index in [0.29, 0.717) is 10.7 Å². The Morgan fingerprint density at radius 1 is 1.32 bits per heavy atom. The molecule has 1 aromatic rings. The zero-order chi connectivity index (χ0) is 14.6. The first-order chi connectivity index (χ1) is 8.70. The van der Waals surface area contributed by atoms with E-state index in [-0.39, 0.29) is 18.4 Å². The van der Waals surface area contributed by atoms with Crippen molar-refractivity contribution >= 4 is 45.0 Å². The number of amides is 2. The highest BCUT2D eigenvalue weighted by Crippen LogP contribution is 2.18. The summed E-state index contributed by atoms with van der Waals surface area (Å²) in [4.78, 5) is 25.0. The van der Waals surface area contributed by atoms with Crippen molar-refractivity contribution in [3.63, 3.8) is 0 Å². The lowest BCUT2D eigenvalue weighted by molar-refractivity contribution is -0.134. The Morgan fingerprint density at radius 2 is 1.84 bits per heavy atom. The Balaban J connectivity index is 2.56. The van der Waals surface area contributed by atoms with Gasteiger partial charge < -0.3 is 10.2 Å². The van der Waals surface area contributed by atoms with Crippen molar-refractivity contribution in [1.82, 2.24) is 4.90 Å². The number of carbonyl (C=O) groups excluding carboxylic acids is 2. The van der Waals surface area contributed by atoms with Crippen LogP contribution in [0.25, 0.3) is 0 Å². The summed E-state index contributed by atoms with van der Waals surface area (Å²) < 4.78 is -0.678. The first-order valence-electron chi connectivity index (χ1n) is 5.70. The van der Waals surface area contributed by atoms with Gasteiger partial charge >= 0.3 is 0 Å². The maximum absolute atomic E-state index is 11.9. The molecule has 0 heterocycles. The highest BCUT2D eigenvalue weighted by Gasteiger charge is 2.27. The van der Waals surface area contributed by atoms with E-state index in [1.807, 2.05) is 0 Å². The van der Waals surface area contributed by atoms with Gasteiger partial charge in [0.2, 0.25) is 11.8 Å². The number of halogens is 2. The molecule has 1 N–H and O–H groups in total. The van der Waals surface area contributed by atoms with Crippen LogP contribution in [0.1, 0.15) is 13.8 Å². The van der Waals surface area contributed by atoms with E-state index in [1.54, 1.807) is 45.2 Å². The Morgan fingerprint density at radius 3 is 2.32 bits per heavy atom. The number of rotatable bonds is 4. The van der Waals surface area contributed by atoms with Gasteiger partial charge in [0.05, 0.1) is 10.9 Å². The molecule has 1 aromatic carbocycles. The summed E-state index contributed by atoms with van der Waals surface area (Å²) in [5, 5.41) is 3.30. The molecule has 0 aliphatic carbocycles. The molecule has 0 aromatic heterocycles. The van der Waals surface area contributed by atoms with Crippen molar-refractivity contribution in [2.75, 3.05) is 18.9 Å². The van der Waals surface area contributed by atoms with Gasteiger partial charge in [-0.05, 0) is 38.1 Å². The molecule has 0 bridgehead atoms. The quantitative estimate of drug-likeness (QED) is 0.851. The molecule has 0 radical (unpaired) electrons. The van der Waals surface area contributed by atoms with Crippen LogP contribution in [0, 0.1) is 0 Å². The van der Waals surface area contributed by atoms with E-state index < -0.39 is 4.32 Å². The first-order valence-corrected chi connectivity index (χ1v) is 6.87. The molecule has 0 spiro atoms. The Bertz CT molecular complexity index is 469. The van der Waals surface area contributed by atoms with Crippen LogP contribution in [0.15, 0.2) is 24.3 Å². The molecule has 0 atom stereocenters. The van der Waals surface area contributed by atoms with Crippen molar-refractivity contribution in [2.45, 2.75) is 18.2 Å². The number of alkyl halides is 1. The number of hydrogen-bond acceptors (Lipinski definition) is 2. The number of nitrogens with one attached hydrogen (secondary N) is 1. The van der Waals surface area contributed by atoms with E-state index >= 15 is 0 Å². The number of likely N-dealkylation sites (N-methyl/N-ethyl adjacent to an activating group) is 1. The molecule has 0 fully saturated rings. The highest BCUT2D eigenvalue weighted by molar-refractivity contribution is 9.10. The van der Waals surface area contributed by atoms with Gasteiger partial charge in [-0.3, -0.25) is 9.59 Å². The molecule has 2 amide bonds. The summed E-state index contributed by atoms with van der Waals surface area (Å²) in [7, 11) is 1.59. The maximum atomic E-state index is 11.9. The third-order valence-corrected chi connectivity index (χ3v) is 2.96. The van der Waals surface area contributed by atoms with Gasteiger partial charge in [-0.1, -0.05) is 27.5 Å². The summed E-state index contributed by atoms with van der Waals surface area (Å²) in [6.45, 7) is 3.47. The van der Waals surface area contributed by atoms with E-state index in [9.17, 15) is 9.59 Å². The van der Waals surface area contributed by atoms with E-state index in [0.717, 1.165) is 0 Å². The molecule has 0 unspecified atom stereocenters. The molecule has 104 valence electrons. The van der Waals surface area contributed by atoms with Crippen molar-refractivity contribution in [1.29, 1.82) is 0 Å². The summed E-state index contributed by atoms with van der Waals surface area (Å²) >= 11 is 9.03. The minimum Gasteiger partial charge on any atom is -0.335 e. The Labute approximate surface area is 126 Å². The molecular weight excluding hydrogens is 332 g/mol. The topological polar surface area (TPSA) is 49.4 Å². The summed E-state index contributed by atoms with van der Waals surface area (Å²) in [5.74, 6) is -0.409. The van der Waals surface area contributed by atoms with Crippen LogP contribution in [0.4, 0.5) is 5.69 Å². The largest absolute Gasteiger partial charge is 0.335 e. The zero-order valence-electron chi connectivity index (χ0n) is 11.0.